The molecule has 96 valence electrons. The molecule has 0 aliphatic carbocycles. The van der Waals surface area contributed by atoms with Gasteiger partial charge in [0, 0.05) is 6.20 Å². The van der Waals surface area contributed by atoms with Crippen LogP contribution in [0.1, 0.15) is 30.9 Å². The summed E-state index contributed by atoms with van der Waals surface area (Å²) in [5, 5.41) is 2.98. The summed E-state index contributed by atoms with van der Waals surface area (Å²) in [6.07, 6.45) is 3.06. The molecule has 0 radical (unpaired) electrons. The van der Waals surface area contributed by atoms with Crippen molar-refractivity contribution < 1.29 is 4.74 Å². The van der Waals surface area contributed by atoms with Gasteiger partial charge >= 0.3 is 0 Å². The molecule has 3 N–H and O–H groups in total. The molecule has 1 aromatic rings. The Kier molecular flexibility index (Phi) is 3.99. The van der Waals surface area contributed by atoms with Crippen LogP contribution in [0, 0.1) is 0 Å². The van der Waals surface area contributed by atoms with Crippen LogP contribution in [0.25, 0.3) is 0 Å². The van der Waals surface area contributed by atoms with Gasteiger partial charge in [0.2, 0.25) is 6.35 Å². The Morgan fingerprint density at radius 2 is 2.06 bits per heavy atom. The van der Waals surface area contributed by atoms with E-state index in [2.05, 4.69) is 48.4 Å². The van der Waals surface area contributed by atoms with E-state index in [4.69, 9.17) is 10.5 Å². The Labute approximate surface area is 108 Å². The number of nitrogens with one attached hydrogen (secondary N) is 1. The Hall–Kier alpha value is -1.81. The molecule has 4 nitrogen and oxygen atoms in total. The van der Waals surface area contributed by atoms with Crippen LogP contribution < -0.4 is 11.1 Å². The largest absolute Gasteiger partial charge is 0.384 e. The summed E-state index contributed by atoms with van der Waals surface area (Å²) in [5.74, 6) is 1.03. The number of nitrogens with two attached hydrogens (primary N) is 1. The number of aliphatic imine (C=N–C) groups is 1. The van der Waals surface area contributed by atoms with E-state index in [0.717, 1.165) is 5.56 Å². The van der Waals surface area contributed by atoms with Gasteiger partial charge in [-0.25, -0.2) is 4.99 Å². The van der Waals surface area contributed by atoms with Gasteiger partial charge in [-0.2, -0.15) is 0 Å². The summed E-state index contributed by atoms with van der Waals surface area (Å²) < 4.78 is 5.61. The second kappa shape index (κ2) is 5.69. The Morgan fingerprint density at radius 3 is 2.67 bits per heavy atom. The molecule has 0 amide bonds. The summed E-state index contributed by atoms with van der Waals surface area (Å²) in [7, 11) is 0. The fourth-order valence-electron chi connectivity index (χ4n) is 1.69. The second-order valence-corrected chi connectivity index (χ2v) is 4.61. The minimum Gasteiger partial charge on any atom is -0.384 e. The maximum atomic E-state index is 5.61. The number of hydrogen-bond donors (Lipinski definition) is 2. The van der Waals surface area contributed by atoms with Gasteiger partial charge in [-0.05, 0) is 23.1 Å². The van der Waals surface area contributed by atoms with Gasteiger partial charge in [0.1, 0.15) is 5.84 Å². The normalized spacial score (nSPS) is 18.6. The fourth-order valence-corrected chi connectivity index (χ4v) is 1.69. The molecule has 0 fully saturated rings. The van der Waals surface area contributed by atoms with Crippen molar-refractivity contribution in [3.8, 4) is 0 Å². The molecule has 0 bridgehead atoms. The predicted molar refractivity (Wildman–Crippen MR) is 73.0 cm³/mol. The number of benzene rings is 1. The molecule has 0 saturated carbocycles. The Balaban J connectivity index is 1.89. The summed E-state index contributed by atoms with van der Waals surface area (Å²) in [6, 6.07) is 8.44. The highest BCUT2D eigenvalue weighted by molar-refractivity contribution is 5.91. The van der Waals surface area contributed by atoms with E-state index in [9.17, 15) is 0 Å². The lowest BCUT2D eigenvalue weighted by Crippen LogP contribution is -2.31. The van der Waals surface area contributed by atoms with Crippen LogP contribution >= 0.6 is 0 Å². The zero-order valence-electron chi connectivity index (χ0n) is 10.8. The SMILES string of the molecule is CC(C)c1ccc(COC2N=C(N)C=CN2)cc1. The van der Waals surface area contributed by atoms with E-state index in [-0.39, 0.29) is 6.35 Å². The predicted octanol–water partition coefficient (Wildman–Crippen LogP) is 2.08. The van der Waals surface area contributed by atoms with Crippen LogP contribution in [0.3, 0.4) is 0 Å². The molecule has 0 aromatic heterocycles. The third-order valence-corrected chi connectivity index (χ3v) is 2.81. The first-order valence-electron chi connectivity index (χ1n) is 6.11. The van der Waals surface area contributed by atoms with Crippen molar-refractivity contribution >= 4 is 5.84 Å². The monoisotopic (exact) mass is 245 g/mol. The first-order chi connectivity index (χ1) is 8.65. The van der Waals surface area contributed by atoms with Crippen LogP contribution in [0.5, 0.6) is 0 Å². The molecular formula is C14H19N3O. The van der Waals surface area contributed by atoms with Gasteiger partial charge in [0.25, 0.3) is 0 Å². The number of rotatable bonds is 4. The molecule has 1 aromatic carbocycles. The highest BCUT2D eigenvalue weighted by Crippen LogP contribution is 2.15. The van der Waals surface area contributed by atoms with Crippen LogP contribution in [-0.2, 0) is 11.3 Å². The number of nitrogens with zero attached hydrogens (tertiary/aromatic N) is 1. The van der Waals surface area contributed by atoms with Crippen molar-refractivity contribution in [1.82, 2.24) is 5.32 Å². The van der Waals surface area contributed by atoms with Crippen molar-refractivity contribution in [2.75, 3.05) is 0 Å². The van der Waals surface area contributed by atoms with Crippen molar-refractivity contribution in [2.45, 2.75) is 32.7 Å². The molecule has 0 spiro atoms. The van der Waals surface area contributed by atoms with Gasteiger partial charge < -0.3 is 15.8 Å². The van der Waals surface area contributed by atoms with Crippen molar-refractivity contribution in [2.24, 2.45) is 10.7 Å². The fraction of sp³-hybridized carbons (Fsp3) is 0.357. The lowest BCUT2D eigenvalue weighted by molar-refractivity contribution is 0.0322. The average Bonchev–Trinajstić information content (AvgIpc) is 2.37. The van der Waals surface area contributed by atoms with Crippen LogP contribution in [0.4, 0.5) is 0 Å². The van der Waals surface area contributed by atoms with Crippen molar-refractivity contribution in [1.29, 1.82) is 0 Å². The lowest BCUT2D eigenvalue weighted by Gasteiger charge is -2.17. The maximum Gasteiger partial charge on any atom is 0.227 e. The summed E-state index contributed by atoms with van der Waals surface area (Å²) in [5.41, 5.74) is 8.05. The first kappa shape index (κ1) is 12.6. The van der Waals surface area contributed by atoms with Crippen molar-refractivity contribution in [3.05, 3.63) is 47.7 Å². The molecule has 1 atom stereocenters. The molecule has 4 heteroatoms. The molecule has 1 aliphatic heterocycles. The van der Waals surface area contributed by atoms with Crippen molar-refractivity contribution in [3.63, 3.8) is 0 Å². The molecular weight excluding hydrogens is 226 g/mol. The highest BCUT2D eigenvalue weighted by atomic mass is 16.5. The Bertz CT molecular complexity index is 449. The van der Waals surface area contributed by atoms with Crippen LogP contribution in [0.15, 0.2) is 41.5 Å². The number of ether oxygens (including phenoxy) is 1. The van der Waals surface area contributed by atoms with Crippen LogP contribution in [0.2, 0.25) is 0 Å². The summed E-state index contributed by atoms with van der Waals surface area (Å²) in [6.45, 7) is 4.88. The molecule has 1 aliphatic rings. The van der Waals surface area contributed by atoms with E-state index < -0.39 is 0 Å². The van der Waals surface area contributed by atoms with E-state index in [1.807, 2.05) is 0 Å². The second-order valence-electron chi connectivity index (χ2n) is 4.61. The zero-order chi connectivity index (χ0) is 13.0. The van der Waals surface area contributed by atoms with Gasteiger partial charge in [0.15, 0.2) is 0 Å². The van der Waals surface area contributed by atoms with Gasteiger partial charge in [0.05, 0.1) is 6.61 Å². The average molecular weight is 245 g/mol. The number of hydrogen-bond acceptors (Lipinski definition) is 4. The molecule has 1 unspecified atom stereocenters. The van der Waals surface area contributed by atoms with E-state index in [0.29, 0.717) is 18.4 Å². The minimum atomic E-state index is -0.389. The molecule has 1 heterocycles. The first-order valence-corrected chi connectivity index (χ1v) is 6.11. The van der Waals surface area contributed by atoms with E-state index in [1.165, 1.54) is 5.56 Å². The third kappa shape index (κ3) is 3.34. The standard InChI is InChI=1S/C14H19N3O/c1-10(2)12-5-3-11(4-6-12)9-18-14-16-8-7-13(15)17-14/h3-8,10,14,16H,9H2,1-2H3,(H2,15,17). The zero-order valence-corrected chi connectivity index (χ0v) is 10.8. The molecule has 18 heavy (non-hydrogen) atoms. The minimum absolute atomic E-state index is 0.389. The highest BCUT2D eigenvalue weighted by Gasteiger charge is 2.08. The lowest BCUT2D eigenvalue weighted by atomic mass is 10.0. The molecule has 0 saturated heterocycles. The van der Waals surface area contributed by atoms with Gasteiger partial charge in [-0.1, -0.05) is 38.1 Å². The van der Waals surface area contributed by atoms with Crippen LogP contribution in [-0.4, -0.2) is 12.2 Å². The third-order valence-electron chi connectivity index (χ3n) is 2.81. The molecule has 2 rings (SSSR count). The summed E-state index contributed by atoms with van der Waals surface area (Å²) in [4.78, 5) is 4.12. The van der Waals surface area contributed by atoms with Gasteiger partial charge in [-0.15, -0.1) is 0 Å². The van der Waals surface area contributed by atoms with Gasteiger partial charge in [-0.3, -0.25) is 0 Å². The smallest absolute Gasteiger partial charge is 0.227 e. The Morgan fingerprint density at radius 1 is 1.33 bits per heavy atom. The van der Waals surface area contributed by atoms with E-state index in [1.54, 1.807) is 12.3 Å². The summed E-state index contributed by atoms with van der Waals surface area (Å²) >= 11 is 0. The quantitative estimate of drug-likeness (QED) is 0.854. The number of amidine groups is 1. The van der Waals surface area contributed by atoms with E-state index >= 15 is 0 Å². The maximum absolute atomic E-state index is 5.61. The topological polar surface area (TPSA) is 59.6 Å².